The molecule has 7 heteroatoms. The summed E-state index contributed by atoms with van der Waals surface area (Å²) >= 11 is 13.5. The normalized spacial score (nSPS) is 10.5. The second kappa shape index (κ2) is 9.24. The molecule has 2 N–H and O–H groups in total. The molecule has 0 aliphatic carbocycles. The molecule has 0 saturated carbocycles. The maximum atomic E-state index is 11.6. The standard InChI is InChI=1S/C21H17Cl2NO3S/c1-2-27-20-17(23)11-15(22)12-19(20)28-24-18-10-14(8-9-16(18)21(25)26)13-6-4-3-5-7-13/h3-12,24H,2H2,1H3,(H,25,26). The van der Waals surface area contributed by atoms with Crippen LogP contribution in [0.4, 0.5) is 5.69 Å². The highest BCUT2D eigenvalue weighted by molar-refractivity contribution is 8.00. The summed E-state index contributed by atoms with van der Waals surface area (Å²) in [5.41, 5.74) is 2.53. The van der Waals surface area contributed by atoms with Crippen molar-refractivity contribution < 1.29 is 14.6 Å². The molecule has 3 rings (SSSR count). The smallest absolute Gasteiger partial charge is 0.337 e. The molecule has 0 heterocycles. The largest absolute Gasteiger partial charge is 0.491 e. The Labute approximate surface area is 177 Å². The number of nitrogens with one attached hydrogen (secondary N) is 1. The lowest BCUT2D eigenvalue weighted by atomic mass is 10.0. The number of carbonyl (C=O) groups is 1. The van der Waals surface area contributed by atoms with Gasteiger partial charge in [0.15, 0.2) is 5.75 Å². The number of hydrogen-bond donors (Lipinski definition) is 2. The van der Waals surface area contributed by atoms with Gasteiger partial charge in [0.1, 0.15) is 0 Å². The third-order valence-corrected chi connectivity index (χ3v) is 5.24. The van der Waals surface area contributed by atoms with Gasteiger partial charge < -0.3 is 14.6 Å². The summed E-state index contributed by atoms with van der Waals surface area (Å²) in [7, 11) is 0. The van der Waals surface area contributed by atoms with Crippen molar-refractivity contribution in [2.75, 3.05) is 11.3 Å². The number of halogens is 2. The zero-order valence-corrected chi connectivity index (χ0v) is 17.2. The quantitative estimate of drug-likeness (QED) is 0.397. The van der Waals surface area contributed by atoms with Gasteiger partial charge in [0.2, 0.25) is 0 Å². The van der Waals surface area contributed by atoms with Crippen LogP contribution in [0, 0.1) is 0 Å². The Morgan fingerprint density at radius 3 is 2.50 bits per heavy atom. The molecular weight excluding hydrogens is 417 g/mol. The molecule has 0 radical (unpaired) electrons. The van der Waals surface area contributed by atoms with Gasteiger partial charge in [0.05, 0.1) is 27.8 Å². The second-order valence-electron chi connectivity index (χ2n) is 5.78. The minimum absolute atomic E-state index is 0.165. The van der Waals surface area contributed by atoms with Crippen molar-refractivity contribution in [3.8, 4) is 16.9 Å². The van der Waals surface area contributed by atoms with E-state index in [9.17, 15) is 9.90 Å². The summed E-state index contributed by atoms with van der Waals surface area (Å²) in [5.74, 6) is -0.515. The van der Waals surface area contributed by atoms with E-state index in [1.54, 1.807) is 30.3 Å². The van der Waals surface area contributed by atoms with E-state index in [1.165, 1.54) is 11.9 Å². The van der Waals surface area contributed by atoms with Crippen molar-refractivity contribution in [1.82, 2.24) is 0 Å². The highest BCUT2D eigenvalue weighted by atomic mass is 35.5. The van der Waals surface area contributed by atoms with Crippen LogP contribution in [-0.4, -0.2) is 17.7 Å². The van der Waals surface area contributed by atoms with Gasteiger partial charge in [-0.05, 0) is 54.3 Å². The molecule has 0 aliphatic rings. The Hall–Kier alpha value is -2.34. The van der Waals surface area contributed by atoms with E-state index in [0.717, 1.165) is 11.1 Å². The van der Waals surface area contributed by atoms with E-state index in [4.69, 9.17) is 27.9 Å². The minimum Gasteiger partial charge on any atom is -0.491 e. The third kappa shape index (κ3) is 4.73. The summed E-state index contributed by atoms with van der Waals surface area (Å²) in [6, 6.07) is 18.2. The third-order valence-electron chi connectivity index (χ3n) is 3.89. The van der Waals surface area contributed by atoms with Crippen LogP contribution in [-0.2, 0) is 0 Å². The lowest BCUT2D eigenvalue weighted by molar-refractivity contribution is 0.0698. The Balaban J connectivity index is 1.95. The molecule has 144 valence electrons. The molecule has 0 spiro atoms. The topological polar surface area (TPSA) is 58.6 Å². The Bertz CT molecular complexity index is 996. The number of anilines is 1. The first-order valence-electron chi connectivity index (χ1n) is 8.47. The maximum Gasteiger partial charge on any atom is 0.337 e. The first-order chi connectivity index (χ1) is 13.5. The van der Waals surface area contributed by atoms with Crippen molar-refractivity contribution in [1.29, 1.82) is 0 Å². The van der Waals surface area contributed by atoms with E-state index >= 15 is 0 Å². The second-order valence-corrected chi connectivity index (χ2v) is 7.48. The summed E-state index contributed by atoms with van der Waals surface area (Å²) in [4.78, 5) is 12.3. The maximum absolute atomic E-state index is 11.6. The highest BCUT2D eigenvalue weighted by Crippen LogP contribution is 2.39. The predicted octanol–water partition coefficient (Wildman–Crippen LogP) is 6.88. The lowest BCUT2D eigenvalue weighted by Gasteiger charge is -2.15. The lowest BCUT2D eigenvalue weighted by Crippen LogP contribution is -2.02. The summed E-state index contributed by atoms with van der Waals surface area (Å²) in [6.07, 6.45) is 0. The number of carboxylic acids is 1. The molecule has 0 amide bonds. The van der Waals surface area contributed by atoms with E-state index in [1.807, 2.05) is 37.3 Å². The van der Waals surface area contributed by atoms with Crippen molar-refractivity contribution >= 4 is 46.8 Å². The molecule has 3 aromatic rings. The van der Waals surface area contributed by atoms with Gasteiger partial charge in [-0.3, -0.25) is 0 Å². The van der Waals surface area contributed by atoms with Crippen LogP contribution in [0.2, 0.25) is 10.0 Å². The van der Waals surface area contributed by atoms with E-state index in [-0.39, 0.29) is 5.56 Å². The highest BCUT2D eigenvalue weighted by Gasteiger charge is 2.15. The van der Waals surface area contributed by atoms with Gasteiger partial charge in [0, 0.05) is 5.02 Å². The van der Waals surface area contributed by atoms with Crippen LogP contribution in [0.1, 0.15) is 17.3 Å². The molecule has 0 unspecified atom stereocenters. The first kappa shape index (κ1) is 20.4. The van der Waals surface area contributed by atoms with Crippen LogP contribution >= 0.6 is 35.1 Å². The SMILES string of the molecule is CCOc1c(Cl)cc(Cl)cc1SNc1cc(-c2ccccc2)ccc1C(=O)O. The van der Waals surface area contributed by atoms with Gasteiger partial charge in [-0.25, -0.2) is 4.79 Å². The molecule has 0 bridgehead atoms. The summed E-state index contributed by atoms with van der Waals surface area (Å²) < 4.78 is 8.73. The number of rotatable bonds is 7. The predicted molar refractivity (Wildman–Crippen MR) is 116 cm³/mol. The van der Waals surface area contributed by atoms with Gasteiger partial charge in [-0.1, -0.05) is 59.6 Å². The zero-order chi connectivity index (χ0) is 20.1. The number of carboxylic acid groups (broad SMARTS) is 1. The number of aromatic carboxylic acids is 1. The first-order valence-corrected chi connectivity index (χ1v) is 10.0. The fraction of sp³-hybridized carbons (Fsp3) is 0.0952. The number of ether oxygens (including phenoxy) is 1. The molecule has 0 aromatic heterocycles. The number of benzene rings is 3. The van der Waals surface area contributed by atoms with Crippen LogP contribution in [0.3, 0.4) is 0 Å². The minimum atomic E-state index is -1.02. The van der Waals surface area contributed by atoms with Gasteiger partial charge >= 0.3 is 5.97 Å². The summed E-state index contributed by atoms with van der Waals surface area (Å²) in [6.45, 7) is 2.30. The fourth-order valence-corrected chi connectivity index (χ4v) is 4.14. The molecule has 0 fully saturated rings. The Kier molecular flexibility index (Phi) is 6.73. The molecule has 0 atom stereocenters. The molecule has 0 aliphatic heterocycles. The Morgan fingerprint density at radius 1 is 1.07 bits per heavy atom. The van der Waals surface area contributed by atoms with Crippen LogP contribution in [0.5, 0.6) is 5.75 Å². The van der Waals surface area contributed by atoms with Crippen molar-refractivity contribution in [2.45, 2.75) is 11.8 Å². The monoisotopic (exact) mass is 433 g/mol. The van der Waals surface area contributed by atoms with E-state index in [0.29, 0.717) is 33.0 Å². The van der Waals surface area contributed by atoms with Crippen molar-refractivity contribution in [3.63, 3.8) is 0 Å². The molecular formula is C21H17Cl2NO3S. The van der Waals surface area contributed by atoms with Crippen molar-refractivity contribution in [2.24, 2.45) is 0 Å². The Morgan fingerprint density at radius 2 is 1.82 bits per heavy atom. The van der Waals surface area contributed by atoms with Gasteiger partial charge in [-0.2, -0.15) is 0 Å². The molecule has 3 aromatic carbocycles. The molecule has 4 nitrogen and oxygen atoms in total. The van der Waals surface area contributed by atoms with E-state index < -0.39 is 5.97 Å². The number of hydrogen-bond acceptors (Lipinski definition) is 4. The molecule has 28 heavy (non-hydrogen) atoms. The van der Waals surface area contributed by atoms with Crippen LogP contribution < -0.4 is 9.46 Å². The van der Waals surface area contributed by atoms with Crippen LogP contribution in [0.15, 0.2) is 65.6 Å². The van der Waals surface area contributed by atoms with Crippen molar-refractivity contribution in [3.05, 3.63) is 76.3 Å². The average Bonchev–Trinajstić information content (AvgIpc) is 2.69. The fourth-order valence-electron chi connectivity index (χ4n) is 2.63. The van der Waals surface area contributed by atoms with E-state index in [2.05, 4.69) is 4.72 Å². The molecule has 0 saturated heterocycles. The van der Waals surface area contributed by atoms with Gasteiger partial charge in [0.25, 0.3) is 0 Å². The average molecular weight is 434 g/mol. The zero-order valence-electron chi connectivity index (χ0n) is 14.9. The summed E-state index contributed by atoms with van der Waals surface area (Å²) in [5, 5.41) is 10.4. The van der Waals surface area contributed by atoms with Gasteiger partial charge in [-0.15, -0.1) is 0 Å². The van der Waals surface area contributed by atoms with Crippen LogP contribution in [0.25, 0.3) is 11.1 Å².